The summed E-state index contributed by atoms with van der Waals surface area (Å²) in [6.45, 7) is 3.61. The van der Waals surface area contributed by atoms with Crippen molar-refractivity contribution in [2.45, 2.75) is 89.4 Å². The van der Waals surface area contributed by atoms with Crippen molar-refractivity contribution in [2.24, 2.45) is 0 Å². The van der Waals surface area contributed by atoms with Crippen molar-refractivity contribution in [2.75, 3.05) is 30.7 Å². The number of nitrogens with two attached hydrogens (primary N) is 1. The SMILES string of the molecule is Nc1ccccc1NC(=O)CCCCCC(=O)NCc1cccc(-c2ccc([C@@H]3O[C@H](CN4CCCCC4)C[C@H](c4ccc(CO)cc4)O3)cc2)c1. The van der Waals surface area contributed by atoms with Crippen LogP contribution < -0.4 is 16.4 Å². The van der Waals surface area contributed by atoms with Crippen molar-refractivity contribution in [1.82, 2.24) is 10.2 Å². The highest BCUT2D eigenvalue weighted by Crippen LogP contribution is 2.39. The topological polar surface area (TPSA) is 126 Å². The normalized spacial score (nSPS) is 19.2. The molecule has 3 atom stereocenters. The van der Waals surface area contributed by atoms with Crippen LogP contribution in [0.4, 0.5) is 11.4 Å². The maximum absolute atomic E-state index is 12.6. The van der Waals surface area contributed by atoms with E-state index in [1.807, 2.05) is 36.4 Å². The molecule has 0 aromatic heterocycles. The maximum Gasteiger partial charge on any atom is 0.224 e. The summed E-state index contributed by atoms with van der Waals surface area (Å²) in [5, 5.41) is 15.4. The maximum atomic E-state index is 12.6. The first-order valence-electron chi connectivity index (χ1n) is 18.8. The van der Waals surface area contributed by atoms with Gasteiger partial charge in [-0.1, -0.05) is 91.7 Å². The molecular weight excluding hydrogens is 652 g/mol. The molecule has 2 aliphatic rings. The van der Waals surface area contributed by atoms with E-state index in [-0.39, 0.29) is 30.6 Å². The molecule has 9 heteroatoms. The van der Waals surface area contributed by atoms with E-state index in [9.17, 15) is 14.7 Å². The van der Waals surface area contributed by atoms with Gasteiger partial charge in [-0.25, -0.2) is 0 Å². The molecule has 9 nitrogen and oxygen atoms in total. The Bertz CT molecular complexity index is 1740. The zero-order valence-electron chi connectivity index (χ0n) is 30.0. The lowest BCUT2D eigenvalue weighted by Gasteiger charge is -2.39. The molecule has 0 spiro atoms. The van der Waals surface area contributed by atoms with Crippen molar-refractivity contribution in [1.29, 1.82) is 0 Å². The molecule has 6 rings (SSSR count). The molecule has 52 heavy (non-hydrogen) atoms. The number of piperidine rings is 1. The number of amides is 2. The Balaban J connectivity index is 0.990. The van der Waals surface area contributed by atoms with Crippen molar-refractivity contribution >= 4 is 23.2 Å². The lowest BCUT2D eigenvalue weighted by atomic mass is 9.98. The van der Waals surface area contributed by atoms with Gasteiger partial charge in [0.1, 0.15) is 0 Å². The quantitative estimate of drug-likeness (QED) is 0.0740. The number of carbonyl (C=O) groups excluding carboxylic acids is 2. The van der Waals surface area contributed by atoms with Gasteiger partial charge in [-0.2, -0.15) is 0 Å². The fourth-order valence-corrected chi connectivity index (χ4v) is 7.02. The van der Waals surface area contributed by atoms with Crippen LogP contribution in [0.1, 0.15) is 92.4 Å². The van der Waals surface area contributed by atoms with Crippen LogP contribution in [-0.2, 0) is 32.2 Å². The first-order chi connectivity index (χ1) is 25.4. The number of ether oxygens (including phenoxy) is 2. The van der Waals surface area contributed by atoms with Gasteiger partial charge in [0, 0.05) is 37.9 Å². The number of aliphatic hydroxyl groups is 1. The summed E-state index contributed by atoms with van der Waals surface area (Å²) in [6.07, 6.45) is 7.10. The van der Waals surface area contributed by atoms with Gasteiger partial charge in [0.25, 0.3) is 0 Å². The van der Waals surface area contributed by atoms with Crippen LogP contribution in [0.15, 0.2) is 97.1 Å². The van der Waals surface area contributed by atoms with E-state index < -0.39 is 6.29 Å². The number of nitrogen functional groups attached to an aromatic ring is 1. The molecule has 0 radical (unpaired) electrons. The van der Waals surface area contributed by atoms with Gasteiger partial charge in [0.2, 0.25) is 11.8 Å². The smallest absolute Gasteiger partial charge is 0.224 e. The van der Waals surface area contributed by atoms with Crippen LogP contribution in [-0.4, -0.2) is 47.6 Å². The Labute approximate surface area is 307 Å². The van der Waals surface area contributed by atoms with Gasteiger partial charge in [-0.05, 0) is 84.8 Å². The summed E-state index contributed by atoms with van der Waals surface area (Å²) < 4.78 is 13.2. The van der Waals surface area contributed by atoms with E-state index in [4.69, 9.17) is 15.2 Å². The van der Waals surface area contributed by atoms with Crippen molar-refractivity contribution in [3.8, 4) is 11.1 Å². The highest BCUT2D eigenvalue weighted by Gasteiger charge is 2.33. The van der Waals surface area contributed by atoms with Gasteiger partial charge < -0.3 is 35.8 Å². The van der Waals surface area contributed by atoms with E-state index in [0.29, 0.717) is 37.2 Å². The van der Waals surface area contributed by atoms with Crippen LogP contribution in [0.5, 0.6) is 0 Å². The summed E-state index contributed by atoms with van der Waals surface area (Å²) in [6, 6.07) is 31.9. The zero-order valence-corrected chi connectivity index (χ0v) is 30.0. The molecule has 0 saturated carbocycles. The number of nitrogens with zero attached hydrogens (tertiary/aromatic N) is 1. The molecule has 2 amide bonds. The number of nitrogens with one attached hydrogen (secondary N) is 2. The van der Waals surface area contributed by atoms with Crippen LogP contribution >= 0.6 is 0 Å². The van der Waals surface area contributed by atoms with E-state index in [1.165, 1.54) is 19.3 Å². The molecule has 5 N–H and O–H groups in total. The summed E-state index contributed by atoms with van der Waals surface area (Å²) in [7, 11) is 0. The number of hydrogen-bond acceptors (Lipinski definition) is 7. The lowest BCUT2D eigenvalue weighted by Crippen LogP contribution is -2.41. The number of carbonyl (C=O) groups is 2. The first-order valence-corrected chi connectivity index (χ1v) is 18.8. The number of aliphatic hydroxyl groups excluding tert-OH is 1. The zero-order chi connectivity index (χ0) is 36.1. The number of hydrogen-bond donors (Lipinski definition) is 4. The van der Waals surface area contributed by atoms with Crippen LogP contribution in [0.2, 0.25) is 0 Å². The minimum absolute atomic E-state index is 0.00461. The van der Waals surface area contributed by atoms with Crippen molar-refractivity contribution in [3.63, 3.8) is 0 Å². The van der Waals surface area contributed by atoms with Gasteiger partial charge in [0.15, 0.2) is 6.29 Å². The lowest BCUT2D eigenvalue weighted by molar-refractivity contribution is -0.253. The molecule has 4 aromatic carbocycles. The van der Waals surface area contributed by atoms with Gasteiger partial charge in [-0.15, -0.1) is 0 Å². The van der Waals surface area contributed by atoms with E-state index in [2.05, 4.69) is 64.1 Å². The molecule has 2 fully saturated rings. The van der Waals surface area contributed by atoms with Gasteiger partial charge in [0.05, 0.1) is 30.2 Å². The largest absolute Gasteiger partial charge is 0.397 e. The number of para-hydroxylation sites is 2. The third-order valence-electron chi connectivity index (χ3n) is 10.0. The van der Waals surface area contributed by atoms with Gasteiger partial charge >= 0.3 is 0 Å². The van der Waals surface area contributed by atoms with Crippen molar-refractivity contribution in [3.05, 3.63) is 119 Å². The standard InChI is InChI=1S/C43H52N4O5/c44-38-12-5-6-13-39(38)46-42(50)15-4-1-3-14-41(49)45-28-32-10-9-11-36(26-32)33-20-22-35(23-21-33)43-51-37(29-47-24-7-2-8-25-47)27-40(52-43)34-18-16-31(30-48)17-19-34/h5-6,9-13,16-23,26,37,40,43,48H,1-4,7-8,14-15,24-25,27-30,44H2,(H,45,49)(H,46,50)/t37-,40+,43+/m0/s1. The minimum atomic E-state index is -0.479. The number of likely N-dealkylation sites (tertiary alicyclic amines) is 1. The fourth-order valence-electron chi connectivity index (χ4n) is 7.02. The predicted molar refractivity (Wildman–Crippen MR) is 205 cm³/mol. The van der Waals surface area contributed by atoms with E-state index in [1.54, 1.807) is 12.1 Å². The van der Waals surface area contributed by atoms with E-state index in [0.717, 1.165) is 72.3 Å². The Morgan fingerprint density at radius 1 is 0.750 bits per heavy atom. The molecule has 2 saturated heterocycles. The minimum Gasteiger partial charge on any atom is -0.397 e. The Morgan fingerprint density at radius 2 is 1.48 bits per heavy atom. The van der Waals surface area contributed by atoms with Crippen molar-refractivity contribution < 1.29 is 24.2 Å². The molecule has 2 aliphatic heterocycles. The summed E-state index contributed by atoms with van der Waals surface area (Å²) in [4.78, 5) is 27.3. The second-order valence-corrected chi connectivity index (χ2v) is 14.0. The highest BCUT2D eigenvalue weighted by molar-refractivity contribution is 5.93. The number of benzene rings is 4. The Hall–Kier alpha value is -4.54. The van der Waals surface area contributed by atoms with Gasteiger partial charge in [-0.3, -0.25) is 9.59 Å². The molecule has 4 aromatic rings. The molecule has 0 bridgehead atoms. The number of rotatable bonds is 15. The molecular formula is C43H52N4O5. The molecule has 0 unspecified atom stereocenters. The summed E-state index contributed by atoms with van der Waals surface area (Å²) >= 11 is 0. The third kappa shape index (κ3) is 10.7. The average Bonchev–Trinajstić information content (AvgIpc) is 3.18. The monoisotopic (exact) mass is 704 g/mol. The second-order valence-electron chi connectivity index (χ2n) is 14.0. The van der Waals surface area contributed by atoms with E-state index >= 15 is 0 Å². The fraction of sp³-hybridized carbons (Fsp3) is 0.395. The van der Waals surface area contributed by atoms with Crippen LogP contribution in [0, 0.1) is 0 Å². The predicted octanol–water partition coefficient (Wildman–Crippen LogP) is 7.66. The number of anilines is 2. The summed E-state index contributed by atoms with van der Waals surface area (Å²) in [5.74, 6) is -0.0652. The average molecular weight is 705 g/mol. The summed E-state index contributed by atoms with van der Waals surface area (Å²) in [5.41, 5.74) is 13.2. The Kier molecular flexibility index (Phi) is 13.5. The van der Waals surface area contributed by atoms with Crippen LogP contribution in [0.25, 0.3) is 11.1 Å². The molecule has 2 heterocycles. The first kappa shape index (κ1) is 37.2. The highest BCUT2D eigenvalue weighted by atomic mass is 16.7. The third-order valence-corrected chi connectivity index (χ3v) is 10.0. The number of unbranched alkanes of at least 4 members (excludes halogenated alkanes) is 2. The molecule has 274 valence electrons. The Morgan fingerprint density at radius 3 is 2.23 bits per heavy atom. The second kappa shape index (κ2) is 18.8. The van der Waals surface area contributed by atoms with Crippen LogP contribution in [0.3, 0.4) is 0 Å². The molecule has 0 aliphatic carbocycles.